The molecule has 1 unspecified atom stereocenters. The molecule has 0 amide bonds. The van der Waals surface area contributed by atoms with E-state index in [0.29, 0.717) is 6.54 Å². The van der Waals surface area contributed by atoms with Crippen molar-refractivity contribution in [2.45, 2.75) is 45.4 Å². The maximum Gasteiger partial charge on any atom is 0.113 e. The van der Waals surface area contributed by atoms with Gasteiger partial charge in [0, 0.05) is 24.3 Å². The zero-order valence-electron chi connectivity index (χ0n) is 17.5. The van der Waals surface area contributed by atoms with Crippen LogP contribution in [0.4, 0.5) is 0 Å². The minimum atomic E-state index is 0.252. The smallest absolute Gasteiger partial charge is 0.113 e. The summed E-state index contributed by atoms with van der Waals surface area (Å²) >= 11 is 0. The molecule has 1 aliphatic rings. The van der Waals surface area contributed by atoms with Gasteiger partial charge in [-0.15, -0.1) is 5.10 Å². The molecule has 5 nitrogen and oxygen atoms in total. The van der Waals surface area contributed by atoms with Crippen LogP contribution in [0.3, 0.4) is 0 Å². The highest BCUT2D eigenvalue weighted by Gasteiger charge is 2.16. The zero-order valence-corrected chi connectivity index (χ0v) is 17.5. The standard InChI is InChI=1S/C25H28N4O/c1-20-16-21(10-7-14-26-17-22-8-3-2-4-9-22)12-13-24(20)25-19-29(28-27-25)18-23-11-5-6-15-30-23/h2-4,8-9,12-13,16,19,23,26H,5-6,11,14-15,17-18H2,1H3. The van der Waals surface area contributed by atoms with Crippen LogP contribution >= 0.6 is 0 Å². The van der Waals surface area contributed by atoms with Crippen LogP contribution in [-0.2, 0) is 17.8 Å². The molecule has 1 atom stereocenters. The number of aryl methyl sites for hydroxylation is 1. The first kappa shape index (κ1) is 20.3. The second-order valence-corrected chi connectivity index (χ2v) is 7.74. The molecule has 154 valence electrons. The van der Waals surface area contributed by atoms with Gasteiger partial charge >= 0.3 is 0 Å². The Kier molecular flexibility index (Phi) is 6.91. The first-order valence-electron chi connectivity index (χ1n) is 10.6. The predicted molar refractivity (Wildman–Crippen MR) is 119 cm³/mol. The summed E-state index contributed by atoms with van der Waals surface area (Å²) in [5, 5.41) is 12.0. The Labute approximate surface area is 178 Å². The largest absolute Gasteiger partial charge is 0.376 e. The van der Waals surface area contributed by atoms with Crippen molar-refractivity contribution >= 4 is 0 Å². The lowest BCUT2D eigenvalue weighted by molar-refractivity contribution is 0.00370. The maximum atomic E-state index is 5.81. The molecule has 0 bridgehead atoms. The quantitative estimate of drug-likeness (QED) is 0.503. The number of rotatable bonds is 6. The van der Waals surface area contributed by atoms with Crippen LogP contribution in [0, 0.1) is 18.8 Å². The minimum absolute atomic E-state index is 0.252. The molecule has 2 heterocycles. The molecule has 1 fully saturated rings. The van der Waals surface area contributed by atoms with Gasteiger partial charge in [0.05, 0.1) is 25.4 Å². The molecular formula is C25H28N4O. The van der Waals surface area contributed by atoms with Crippen LogP contribution in [0.2, 0.25) is 0 Å². The highest BCUT2D eigenvalue weighted by Crippen LogP contribution is 2.22. The van der Waals surface area contributed by atoms with Crippen molar-refractivity contribution in [3.63, 3.8) is 0 Å². The fourth-order valence-electron chi connectivity index (χ4n) is 3.71. The number of ether oxygens (including phenoxy) is 1. The molecule has 1 N–H and O–H groups in total. The van der Waals surface area contributed by atoms with Gasteiger partial charge in [-0.2, -0.15) is 0 Å². The van der Waals surface area contributed by atoms with E-state index in [1.165, 1.54) is 12.0 Å². The third kappa shape index (κ3) is 5.56. The SMILES string of the molecule is Cc1cc(C#CCNCc2ccccc2)ccc1-c1cn(CC2CCCCO2)nn1. The summed E-state index contributed by atoms with van der Waals surface area (Å²) in [7, 11) is 0. The third-order valence-corrected chi connectivity index (χ3v) is 5.32. The van der Waals surface area contributed by atoms with Gasteiger partial charge in [-0.25, -0.2) is 4.68 Å². The molecule has 4 rings (SSSR count). The first-order valence-corrected chi connectivity index (χ1v) is 10.6. The van der Waals surface area contributed by atoms with E-state index in [9.17, 15) is 0 Å². The average Bonchev–Trinajstić information content (AvgIpc) is 3.23. The van der Waals surface area contributed by atoms with E-state index in [-0.39, 0.29) is 6.10 Å². The van der Waals surface area contributed by atoms with Crippen LogP contribution < -0.4 is 5.32 Å². The van der Waals surface area contributed by atoms with Crippen LogP contribution in [0.15, 0.2) is 54.7 Å². The summed E-state index contributed by atoms with van der Waals surface area (Å²) in [4.78, 5) is 0. The third-order valence-electron chi connectivity index (χ3n) is 5.32. The second-order valence-electron chi connectivity index (χ2n) is 7.74. The van der Waals surface area contributed by atoms with Gasteiger partial charge in [-0.05, 0) is 49.4 Å². The summed E-state index contributed by atoms with van der Waals surface area (Å²) < 4.78 is 7.71. The molecule has 5 heteroatoms. The number of nitrogens with one attached hydrogen (secondary N) is 1. The number of hydrogen-bond donors (Lipinski definition) is 1. The van der Waals surface area contributed by atoms with Crippen molar-refractivity contribution < 1.29 is 4.74 Å². The summed E-state index contributed by atoms with van der Waals surface area (Å²) in [6.45, 7) is 5.21. The Morgan fingerprint density at radius 2 is 2.07 bits per heavy atom. The fourth-order valence-corrected chi connectivity index (χ4v) is 3.71. The van der Waals surface area contributed by atoms with Gasteiger partial charge in [0.15, 0.2) is 0 Å². The normalized spacial score (nSPS) is 16.1. The van der Waals surface area contributed by atoms with Gasteiger partial charge in [0.25, 0.3) is 0 Å². The number of nitrogens with zero attached hydrogens (tertiary/aromatic N) is 3. The molecule has 30 heavy (non-hydrogen) atoms. The van der Waals surface area contributed by atoms with Crippen molar-refractivity contribution in [1.29, 1.82) is 0 Å². The van der Waals surface area contributed by atoms with Crippen LogP contribution in [0.25, 0.3) is 11.3 Å². The predicted octanol–water partition coefficient (Wildman–Crippen LogP) is 3.96. The molecule has 0 radical (unpaired) electrons. The molecule has 0 saturated carbocycles. The number of hydrogen-bond acceptors (Lipinski definition) is 4. The fraction of sp³-hybridized carbons (Fsp3) is 0.360. The van der Waals surface area contributed by atoms with Gasteiger partial charge in [-0.3, -0.25) is 0 Å². The Morgan fingerprint density at radius 1 is 1.17 bits per heavy atom. The van der Waals surface area contributed by atoms with E-state index >= 15 is 0 Å². The van der Waals surface area contributed by atoms with Crippen LogP contribution in [0.1, 0.15) is 36.0 Å². The summed E-state index contributed by atoms with van der Waals surface area (Å²) in [6.07, 6.45) is 5.76. The lowest BCUT2D eigenvalue weighted by atomic mass is 10.0. The summed E-state index contributed by atoms with van der Waals surface area (Å²) in [6, 6.07) is 16.6. The Bertz CT molecular complexity index is 1010. The summed E-state index contributed by atoms with van der Waals surface area (Å²) in [5.74, 6) is 6.44. The highest BCUT2D eigenvalue weighted by molar-refractivity contribution is 5.64. The molecular weight excluding hydrogens is 372 g/mol. The lowest BCUT2D eigenvalue weighted by Crippen LogP contribution is -2.24. The van der Waals surface area contributed by atoms with Crippen LogP contribution in [0.5, 0.6) is 0 Å². The second kappa shape index (κ2) is 10.2. The van der Waals surface area contributed by atoms with Crippen LogP contribution in [-0.4, -0.2) is 34.2 Å². The zero-order chi connectivity index (χ0) is 20.6. The Balaban J connectivity index is 1.33. The molecule has 1 aliphatic heterocycles. The van der Waals surface area contributed by atoms with E-state index < -0.39 is 0 Å². The lowest BCUT2D eigenvalue weighted by Gasteiger charge is -2.21. The van der Waals surface area contributed by atoms with E-state index in [0.717, 1.165) is 54.9 Å². The first-order chi connectivity index (χ1) is 14.8. The van der Waals surface area contributed by atoms with E-state index in [2.05, 4.69) is 76.9 Å². The van der Waals surface area contributed by atoms with Crippen molar-refractivity contribution in [1.82, 2.24) is 20.3 Å². The van der Waals surface area contributed by atoms with E-state index in [4.69, 9.17) is 4.74 Å². The van der Waals surface area contributed by atoms with Gasteiger partial charge < -0.3 is 10.1 Å². The molecule has 2 aromatic carbocycles. The van der Waals surface area contributed by atoms with E-state index in [1.54, 1.807) is 0 Å². The monoisotopic (exact) mass is 400 g/mol. The van der Waals surface area contributed by atoms with Gasteiger partial charge in [-0.1, -0.05) is 53.5 Å². The molecule has 3 aromatic rings. The molecule has 0 spiro atoms. The number of aromatic nitrogens is 3. The molecule has 1 saturated heterocycles. The highest BCUT2D eigenvalue weighted by atomic mass is 16.5. The van der Waals surface area contributed by atoms with Crippen molar-refractivity contribution in [3.8, 4) is 23.1 Å². The van der Waals surface area contributed by atoms with Crippen molar-refractivity contribution in [2.75, 3.05) is 13.2 Å². The van der Waals surface area contributed by atoms with Gasteiger partial charge in [0.1, 0.15) is 5.69 Å². The Morgan fingerprint density at radius 3 is 2.87 bits per heavy atom. The Hall–Kier alpha value is -2.94. The summed E-state index contributed by atoms with van der Waals surface area (Å²) in [5.41, 5.74) is 5.43. The van der Waals surface area contributed by atoms with Crippen molar-refractivity contribution in [2.24, 2.45) is 0 Å². The number of benzene rings is 2. The van der Waals surface area contributed by atoms with Crippen molar-refractivity contribution in [3.05, 3.63) is 71.4 Å². The molecule has 0 aliphatic carbocycles. The topological polar surface area (TPSA) is 52.0 Å². The molecule has 1 aromatic heterocycles. The minimum Gasteiger partial charge on any atom is -0.376 e. The van der Waals surface area contributed by atoms with E-state index in [1.807, 2.05) is 16.9 Å². The maximum absolute atomic E-state index is 5.81. The van der Waals surface area contributed by atoms with Gasteiger partial charge in [0.2, 0.25) is 0 Å². The average molecular weight is 401 g/mol.